The maximum absolute atomic E-state index is 12.6. The van der Waals surface area contributed by atoms with E-state index in [1.165, 1.54) is 12.8 Å². The number of hydrogen-bond acceptors (Lipinski definition) is 3. The summed E-state index contributed by atoms with van der Waals surface area (Å²) in [6.45, 7) is 0.443. The van der Waals surface area contributed by atoms with Gasteiger partial charge in [0.1, 0.15) is 5.92 Å². The van der Waals surface area contributed by atoms with Crippen LogP contribution in [0.3, 0.4) is 0 Å². The van der Waals surface area contributed by atoms with E-state index in [4.69, 9.17) is 4.74 Å². The lowest BCUT2D eigenvalue weighted by atomic mass is 9.91. The van der Waals surface area contributed by atoms with Crippen molar-refractivity contribution in [3.8, 4) is 0 Å². The Morgan fingerprint density at radius 1 is 0.958 bits per heavy atom. The first-order chi connectivity index (χ1) is 11.7. The quantitative estimate of drug-likeness (QED) is 0.797. The lowest BCUT2D eigenvalue weighted by Crippen LogP contribution is -2.31. The molecule has 0 aliphatic heterocycles. The molecule has 4 nitrogen and oxygen atoms in total. The topological polar surface area (TPSA) is 55.4 Å². The van der Waals surface area contributed by atoms with E-state index in [1.54, 1.807) is 0 Å². The van der Waals surface area contributed by atoms with Gasteiger partial charge >= 0.3 is 5.97 Å². The lowest BCUT2D eigenvalue weighted by molar-refractivity contribution is -0.149. The van der Waals surface area contributed by atoms with Gasteiger partial charge in [-0.15, -0.1) is 0 Å². The summed E-state index contributed by atoms with van der Waals surface area (Å²) in [6, 6.07) is 18.9. The van der Waals surface area contributed by atoms with Gasteiger partial charge in [0.15, 0.2) is 6.61 Å². The second kappa shape index (κ2) is 7.77. The molecule has 1 aliphatic carbocycles. The van der Waals surface area contributed by atoms with Gasteiger partial charge in [0.05, 0.1) is 0 Å². The van der Waals surface area contributed by atoms with Crippen LogP contribution in [0.15, 0.2) is 60.7 Å². The summed E-state index contributed by atoms with van der Waals surface area (Å²) in [5.74, 6) is -0.571. The fourth-order valence-electron chi connectivity index (χ4n) is 2.61. The summed E-state index contributed by atoms with van der Waals surface area (Å²) >= 11 is 0. The monoisotopic (exact) mass is 323 g/mol. The number of amides is 1. The van der Waals surface area contributed by atoms with Gasteiger partial charge in [-0.3, -0.25) is 9.59 Å². The van der Waals surface area contributed by atoms with E-state index in [-0.39, 0.29) is 12.5 Å². The minimum Gasteiger partial charge on any atom is -0.455 e. The molecule has 0 heterocycles. The molecule has 0 bridgehead atoms. The van der Waals surface area contributed by atoms with Crippen molar-refractivity contribution in [3.63, 3.8) is 0 Å². The zero-order valence-corrected chi connectivity index (χ0v) is 13.5. The van der Waals surface area contributed by atoms with Crippen molar-refractivity contribution in [1.82, 2.24) is 5.32 Å². The largest absolute Gasteiger partial charge is 0.455 e. The molecule has 0 unspecified atom stereocenters. The third-order valence-corrected chi connectivity index (χ3v) is 4.13. The van der Waals surface area contributed by atoms with E-state index in [2.05, 4.69) is 5.32 Å². The van der Waals surface area contributed by atoms with Crippen LogP contribution in [0, 0.1) is 5.92 Å². The summed E-state index contributed by atoms with van der Waals surface area (Å²) in [7, 11) is 0. The molecule has 1 amide bonds. The van der Waals surface area contributed by atoms with Crippen LogP contribution in [0.2, 0.25) is 0 Å². The summed E-state index contributed by atoms with van der Waals surface area (Å²) in [4.78, 5) is 24.4. The Hall–Kier alpha value is -2.62. The minimum atomic E-state index is -0.524. The number of ether oxygens (including phenoxy) is 1. The Kier molecular flexibility index (Phi) is 5.26. The zero-order valence-electron chi connectivity index (χ0n) is 13.5. The maximum Gasteiger partial charge on any atom is 0.318 e. The number of nitrogens with one attached hydrogen (secondary N) is 1. The summed E-state index contributed by atoms with van der Waals surface area (Å²) in [5.41, 5.74) is 1.71. The molecule has 2 aromatic carbocycles. The maximum atomic E-state index is 12.6. The van der Waals surface area contributed by atoms with Gasteiger partial charge in [0.25, 0.3) is 5.91 Å². The number of benzene rings is 2. The van der Waals surface area contributed by atoms with Crippen LogP contribution < -0.4 is 5.32 Å². The zero-order chi connectivity index (χ0) is 16.8. The Morgan fingerprint density at radius 3 is 2.00 bits per heavy atom. The first-order valence-corrected chi connectivity index (χ1v) is 8.27. The number of hydrogen-bond donors (Lipinski definition) is 1. The first kappa shape index (κ1) is 16.2. The van der Waals surface area contributed by atoms with Crippen LogP contribution in [0.4, 0.5) is 0 Å². The molecule has 0 atom stereocenters. The highest BCUT2D eigenvalue weighted by Gasteiger charge is 2.25. The van der Waals surface area contributed by atoms with Crippen LogP contribution in [0.25, 0.3) is 0 Å². The van der Waals surface area contributed by atoms with Gasteiger partial charge < -0.3 is 10.1 Å². The molecule has 0 spiro atoms. The van der Waals surface area contributed by atoms with E-state index in [0.717, 1.165) is 11.1 Å². The van der Waals surface area contributed by atoms with Gasteiger partial charge in [-0.05, 0) is 29.9 Å². The molecule has 4 heteroatoms. The van der Waals surface area contributed by atoms with Gasteiger partial charge in [0, 0.05) is 6.54 Å². The van der Waals surface area contributed by atoms with Gasteiger partial charge in [-0.2, -0.15) is 0 Å². The minimum absolute atomic E-state index is 0.234. The van der Waals surface area contributed by atoms with E-state index in [1.807, 2.05) is 60.7 Å². The molecule has 1 aliphatic rings. The predicted molar refractivity (Wildman–Crippen MR) is 91.4 cm³/mol. The van der Waals surface area contributed by atoms with Crippen molar-refractivity contribution in [2.45, 2.75) is 18.8 Å². The van der Waals surface area contributed by atoms with Crippen LogP contribution >= 0.6 is 0 Å². The smallest absolute Gasteiger partial charge is 0.318 e. The molecule has 1 fully saturated rings. The fraction of sp³-hybridized carbons (Fsp3) is 0.300. The van der Waals surface area contributed by atoms with Crippen molar-refractivity contribution in [2.24, 2.45) is 5.92 Å². The predicted octanol–water partition coefficient (Wildman–Crippen LogP) is 2.89. The van der Waals surface area contributed by atoms with E-state index in [9.17, 15) is 9.59 Å². The molecule has 0 radical (unpaired) electrons. The van der Waals surface area contributed by atoms with Crippen molar-refractivity contribution in [3.05, 3.63) is 71.8 Å². The van der Waals surface area contributed by atoms with E-state index >= 15 is 0 Å². The standard InChI is InChI=1S/C20H21NO3/c22-18(21-13-15-11-12-15)14-24-20(23)19(16-7-3-1-4-8-16)17-9-5-2-6-10-17/h1-10,15,19H,11-14H2,(H,21,22). The highest BCUT2D eigenvalue weighted by atomic mass is 16.5. The average Bonchev–Trinajstić information content (AvgIpc) is 3.45. The van der Waals surface area contributed by atoms with E-state index < -0.39 is 11.9 Å². The summed E-state index contributed by atoms with van der Waals surface area (Å²) in [5, 5.41) is 2.80. The molecule has 3 rings (SSSR count). The molecule has 124 valence electrons. The normalized spacial score (nSPS) is 13.5. The van der Waals surface area contributed by atoms with Crippen molar-refractivity contribution < 1.29 is 14.3 Å². The molecule has 2 aromatic rings. The van der Waals surface area contributed by atoms with Gasteiger partial charge in [-0.25, -0.2) is 0 Å². The van der Waals surface area contributed by atoms with Crippen LogP contribution in [0.1, 0.15) is 29.9 Å². The molecule has 0 saturated heterocycles. The third-order valence-electron chi connectivity index (χ3n) is 4.13. The summed E-state index contributed by atoms with van der Waals surface area (Å²) in [6.07, 6.45) is 2.34. The Morgan fingerprint density at radius 2 is 1.50 bits per heavy atom. The molecule has 0 aromatic heterocycles. The second-order valence-corrected chi connectivity index (χ2v) is 6.11. The highest BCUT2D eigenvalue weighted by Crippen LogP contribution is 2.27. The number of carbonyl (C=O) groups excluding carboxylic acids is 2. The first-order valence-electron chi connectivity index (χ1n) is 8.27. The molecular weight excluding hydrogens is 302 g/mol. The fourth-order valence-corrected chi connectivity index (χ4v) is 2.61. The number of esters is 1. The second-order valence-electron chi connectivity index (χ2n) is 6.11. The lowest BCUT2D eigenvalue weighted by Gasteiger charge is -2.17. The third kappa shape index (κ3) is 4.44. The number of rotatable bonds is 7. The van der Waals surface area contributed by atoms with Gasteiger partial charge in [-0.1, -0.05) is 60.7 Å². The summed E-state index contributed by atoms with van der Waals surface area (Å²) < 4.78 is 5.28. The van der Waals surface area contributed by atoms with Crippen molar-refractivity contribution in [1.29, 1.82) is 0 Å². The van der Waals surface area contributed by atoms with Crippen molar-refractivity contribution >= 4 is 11.9 Å². The molecule has 24 heavy (non-hydrogen) atoms. The van der Waals surface area contributed by atoms with Crippen LogP contribution in [0.5, 0.6) is 0 Å². The highest BCUT2D eigenvalue weighted by molar-refractivity contribution is 5.85. The SMILES string of the molecule is O=C(COC(=O)C(c1ccccc1)c1ccccc1)NCC1CC1. The Labute approximate surface area is 141 Å². The van der Waals surface area contributed by atoms with E-state index in [0.29, 0.717) is 12.5 Å². The number of carbonyl (C=O) groups is 2. The molecule has 1 saturated carbocycles. The average molecular weight is 323 g/mol. The Bertz CT molecular complexity index is 641. The van der Waals surface area contributed by atoms with Crippen LogP contribution in [-0.4, -0.2) is 25.0 Å². The van der Waals surface area contributed by atoms with Crippen molar-refractivity contribution in [2.75, 3.05) is 13.2 Å². The molecular formula is C20H21NO3. The van der Waals surface area contributed by atoms with Crippen LogP contribution in [-0.2, 0) is 14.3 Å². The molecule has 1 N–H and O–H groups in total. The van der Waals surface area contributed by atoms with Gasteiger partial charge in [0.2, 0.25) is 0 Å². The Balaban J connectivity index is 1.66.